The van der Waals surface area contributed by atoms with Gasteiger partial charge in [-0.25, -0.2) is 0 Å². The highest BCUT2D eigenvalue weighted by Crippen LogP contribution is 2.21. The van der Waals surface area contributed by atoms with Crippen molar-refractivity contribution in [2.45, 2.75) is 51.5 Å². The van der Waals surface area contributed by atoms with Crippen LogP contribution in [0.4, 0.5) is 0 Å². The molecule has 0 aliphatic heterocycles. The number of unbranched alkanes of at least 4 members (excludes halogenated alkanes) is 1. The molecule has 1 aliphatic rings. The van der Waals surface area contributed by atoms with Crippen LogP contribution < -0.4 is 5.73 Å². The quantitative estimate of drug-likeness (QED) is 0.315. The van der Waals surface area contributed by atoms with Gasteiger partial charge in [0.2, 0.25) is 0 Å². The number of nitrogens with zero attached hydrogens (tertiary/aromatic N) is 1. The summed E-state index contributed by atoms with van der Waals surface area (Å²) in [6.07, 6.45) is 5.50. The molecule has 1 aliphatic carbocycles. The van der Waals surface area contributed by atoms with Crippen molar-refractivity contribution in [1.82, 2.24) is 0 Å². The number of amidine groups is 1. The fourth-order valence-corrected chi connectivity index (χ4v) is 1.33. The molecule has 0 heterocycles. The molecule has 86 valence electrons. The molecule has 0 atom stereocenters. The molecule has 0 unspecified atom stereocenters. The molecule has 15 heavy (non-hydrogen) atoms. The molecule has 0 saturated heterocycles. The maximum Gasteiger partial charge on any atom is 0.313 e. The smallest absolute Gasteiger partial charge is 0.313 e. The zero-order valence-corrected chi connectivity index (χ0v) is 9.37. The Labute approximate surface area is 90.9 Å². The van der Waals surface area contributed by atoms with Crippen LogP contribution in [0.1, 0.15) is 45.4 Å². The first kappa shape index (κ1) is 12.0. The first-order valence-corrected chi connectivity index (χ1v) is 5.70. The summed E-state index contributed by atoms with van der Waals surface area (Å²) in [6, 6.07) is 0.355. The number of ether oxygens (including phenoxy) is 1. The predicted octanol–water partition coefficient (Wildman–Crippen LogP) is 1.63. The van der Waals surface area contributed by atoms with Gasteiger partial charge < -0.3 is 10.5 Å². The van der Waals surface area contributed by atoms with Crippen LogP contribution in [0.2, 0.25) is 0 Å². The van der Waals surface area contributed by atoms with E-state index in [1.54, 1.807) is 0 Å². The Morgan fingerprint density at radius 3 is 2.80 bits per heavy atom. The Hall–Kier alpha value is -1.06. The average molecular weight is 212 g/mol. The van der Waals surface area contributed by atoms with Crippen LogP contribution in [0.3, 0.4) is 0 Å². The second-order valence-corrected chi connectivity index (χ2v) is 3.96. The second-order valence-electron chi connectivity index (χ2n) is 3.96. The largest absolute Gasteiger partial charge is 0.465 e. The molecule has 0 aromatic carbocycles. The van der Waals surface area contributed by atoms with Gasteiger partial charge >= 0.3 is 5.97 Å². The molecule has 1 rings (SSSR count). The van der Waals surface area contributed by atoms with Crippen LogP contribution in [0, 0.1) is 0 Å². The zero-order chi connectivity index (χ0) is 11.1. The highest BCUT2D eigenvalue weighted by atomic mass is 16.5. The first-order valence-electron chi connectivity index (χ1n) is 5.70. The Kier molecular flexibility index (Phi) is 5.15. The average Bonchev–Trinajstić information content (AvgIpc) is 2.12. The number of hydrogen-bond acceptors (Lipinski definition) is 3. The van der Waals surface area contributed by atoms with E-state index in [0.29, 0.717) is 18.5 Å². The fraction of sp³-hybridized carbons (Fsp3) is 0.818. The number of carbonyl (C=O) groups is 1. The lowest BCUT2D eigenvalue weighted by molar-refractivity contribution is -0.142. The molecular formula is C11H20N2O2. The maximum atomic E-state index is 11.2. The molecule has 2 N–H and O–H groups in total. The van der Waals surface area contributed by atoms with E-state index in [0.717, 1.165) is 25.7 Å². The van der Waals surface area contributed by atoms with Crippen LogP contribution in [0.25, 0.3) is 0 Å². The van der Waals surface area contributed by atoms with Gasteiger partial charge in [0.05, 0.1) is 12.6 Å². The minimum Gasteiger partial charge on any atom is -0.465 e. The molecule has 4 nitrogen and oxygen atoms in total. The first-order chi connectivity index (χ1) is 7.22. The molecule has 0 bridgehead atoms. The fourth-order valence-electron chi connectivity index (χ4n) is 1.33. The third-order valence-electron chi connectivity index (χ3n) is 2.51. The molecule has 0 amide bonds. The topological polar surface area (TPSA) is 64.7 Å². The van der Waals surface area contributed by atoms with Gasteiger partial charge in [0.1, 0.15) is 12.3 Å². The number of carbonyl (C=O) groups excluding carboxylic acids is 1. The summed E-state index contributed by atoms with van der Waals surface area (Å²) in [5.41, 5.74) is 5.64. The number of nitrogens with two attached hydrogens (primary N) is 1. The Bertz CT molecular complexity index is 235. The lowest BCUT2D eigenvalue weighted by Crippen LogP contribution is -2.24. The molecule has 1 saturated carbocycles. The van der Waals surface area contributed by atoms with E-state index in [2.05, 4.69) is 11.9 Å². The van der Waals surface area contributed by atoms with E-state index >= 15 is 0 Å². The van der Waals surface area contributed by atoms with Gasteiger partial charge in [0.15, 0.2) is 0 Å². The summed E-state index contributed by atoms with van der Waals surface area (Å²) >= 11 is 0. The normalized spacial score (nSPS) is 17.3. The summed E-state index contributed by atoms with van der Waals surface area (Å²) in [5, 5.41) is 0. The van der Waals surface area contributed by atoms with Crippen molar-refractivity contribution in [3.05, 3.63) is 0 Å². The summed E-state index contributed by atoms with van der Waals surface area (Å²) < 4.78 is 4.99. The highest BCUT2D eigenvalue weighted by Gasteiger charge is 2.17. The van der Waals surface area contributed by atoms with E-state index in [1.165, 1.54) is 6.42 Å². The van der Waals surface area contributed by atoms with Crippen LogP contribution in [0.5, 0.6) is 0 Å². The van der Waals surface area contributed by atoms with Gasteiger partial charge in [-0.1, -0.05) is 13.3 Å². The van der Waals surface area contributed by atoms with Crippen molar-refractivity contribution in [2.24, 2.45) is 10.7 Å². The van der Waals surface area contributed by atoms with E-state index < -0.39 is 0 Å². The predicted molar refractivity (Wildman–Crippen MR) is 59.7 cm³/mol. The number of rotatable bonds is 6. The van der Waals surface area contributed by atoms with E-state index in [9.17, 15) is 4.79 Å². The SMILES string of the molecule is CCCCOC(=O)CC(N)=NC1CCC1. The third kappa shape index (κ3) is 4.81. The number of hydrogen-bond donors (Lipinski definition) is 1. The minimum atomic E-state index is -0.260. The van der Waals surface area contributed by atoms with Crippen LogP contribution >= 0.6 is 0 Å². The molecule has 0 aromatic heterocycles. The van der Waals surface area contributed by atoms with Crippen molar-refractivity contribution in [3.63, 3.8) is 0 Å². The highest BCUT2D eigenvalue weighted by molar-refractivity contribution is 5.96. The lowest BCUT2D eigenvalue weighted by Gasteiger charge is -2.21. The van der Waals surface area contributed by atoms with Crippen molar-refractivity contribution >= 4 is 11.8 Å². The summed E-state index contributed by atoms with van der Waals surface area (Å²) in [4.78, 5) is 15.5. The summed E-state index contributed by atoms with van der Waals surface area (Å²) in [6.45, 7) is 2.55. The van der Waals surface area contributed by atoms with Gasteiger partial charge in [-0.15, -0.1) is 0 Å². The second kappa shape index (κ2) is 6.43. The van der Waals surface area contributed by atoms with Gasteiger partial charge in [0.25, 0.3) is 0 Å². The minimum absolute atomic E-state index is 0.139. The van der Waals surface area contributed by atoms with Gasteiger partial charge in [-0.3, -0.25) is 9.79 Å². The standard InChI is InChI=1S/C11H20N2O2/c1-2-3-7-15-11(14)8-10(12)13-9-5-4-6-9/h9H,2-8H2,1H3,(H2,12,13). The monoisotopic (exact) mass is 212 g/mol. The lowest BCUT2D eigenvalue weighted by atomic mass is 9.94. The summed E-state index contributed by atoms with van der Waals surface area (Å²) in [5.74, 6) is 0.158. The molecular weight excluding hydrogens is 192 g/mol. The van der Waals surface area contributed by atoms with Gasteiger partial charge in [-0.05, 0) is 25.7 Å². The Balaban J connectivity index is 2.15. The van der Waals surface area contributed by atoms with Crippen LogP contribution in [-0.4, -0.2) is 24.5 Å². The maximum absolute atomic E-state index is 11.2. The van der Waals surface area contributed by atoms with Crippen LogP contribution in [0.15, 0.2) is 4.99 Å². The zero-order valence-electron chi connectivity index (χ0n) is 9.37. The summed E-state index contributed by atoms with van der Waals surface area (Å²) in [7, 11) is 0. The van der Waals surface area contributed by atoms with E-state index in [4.69, 9.17) is 10.5 Å². The molecule has 0 spiro atoms. The Morgan fingerprint density at radius 1 is 1.53 bits per heavy atom. The molecule has 4 heteroatoms. The van der Waals surface area contributed by atoms with Crippen molar-refractivity contribution in [1.29, 1.82) is 0 Å². The molecule has 0 radical (unpaired) electrons. The van der Waals surface area contributed by atoms with E-state index in [1.807, 2.05) is 0 Å². The number of esters is 1. The third-order valence-corrected chi connectivity index (χ3v) is 2.51. The van der Waals surface area contributed by atoms with Gasteiger partial charge in [-0.2, -0.15) is 0 Å². The van der Waals surface area contributed by atoms with Crippen molar-refractivity contribution in [3.8, 4) is 0 Å². The number of aliphatic imine (C=N–C) groups is 1. The van der Waals surface area contributed by atoms with Crippen LogP contribution in [-0.2, 0) is 9.53 Å². The van der Waals surface area contributed by atoms with E-state index in [-0.39, 0.29) is 12.4 Å². The van der Waals surface area contributed by atoms with Crippen molar-refractivity contribution in [2.75, 3.05) is 6.61 Å². The molecule has 1 fully saturated rings. The Morgan fingerprint density at radius 2 is 2.27 bits per heavy atom. The molecule has 0 aromatic rings. The van der Waals surface area contributed by atoms with Gasteiger partial charge in [0, 0.05) is 0 Å². The van der Waals surface area contributed by atoms with Crippen molar-refractivity contribution < 1.29 is 9.53 Å².